The number of methoxy groups -OCH3 is 1. The summed E-state index contributed by atoms with van der Waals surface area (Å²) in [6.45, 7) is 3.52. The first kappa shape index (κ1) is 15.9. The molecule has 0 amide bonds. The zero-order chi connectivity index (χ0) is 14.8. The third kappa shape index (κ3) is 3.07. The number of ether oxygens (including phenoxy) is 1. The predicted molar refractivity (Wildman–Crippen MR) is 80.5 cm³/mol. The van der Waals surface area contributed by atoms with Crippen LogP contribution in [0, 0.1) is 0 Å². The van der Waals surface area contributed by atoms with Crippen LogP contribution in [-0.2, 0) is 21.3 Å². The van der Waals surface area contributed by atoms with Crippen molar-refractivity contribution in [1.82, 2.24) is 9.62 Å². The fourth-order valence-corrected chi connectivity index (χ4v) is 5.54. The maximum atomic E-state index is 12.8. The van der Waals surface area contributed by atoms with E-state index in [1.54, 1.807) is 17.5 Å². The Labute approximate surface area is 125 Å². The van der Waals surface area contributed by atoms with Crippen LogP contribution in [0.1, 0.15) is 24.6 Å². The standard InChI is InChI=1S/C13H22N2O3S2/c1-13(18-3)6-4-7-15(10-13)20(16,17)12-5-8-19-11(12)9-14-2/h5,8,14H,4,6-7,9-10H2,1-3H3. The van der Waals surface area contributed by atoms with Crippen molar-refractivity contribution in [3.63, 3.8) is 0 Å². The van der Waals surface area contributed by atoms with Gasteiger partial charge in [-0.3, -0.25) is 0 Å². The first-order valence-electron chi connectivity index (χ1n) is 6.69. The monoisotopic (exact) mass is 318 g/mol. The summed E-state index contributed by atoms with van der Waals surface area (Å²) < 4.78 is 32.6. The molecular weight excluding hydrogens is 296 g/mol. The number of sulfonamides is 1. The molecule has 1 N–H and O–H groups in total. The molecular formula is C13H22N2O3S2. The normalized spacial score (nSPS) is 24.9. The number of nitrogens with one attached hydrogen (secondary N) is 1. The summed E-state index contributed by atoms with van der Waals surface area (Å²) in [6, 6.07) is 1.70. The quantitative estimate of drug-likeness (QED) is 0.897. The molecule has 0 spiro atoms. The van der Waals surface area contributed by atoms with Crippen LogP contribution in [0.2, 0.25) is 0 Å². The van der Waals surface area contributed by atoms with Crippen molar-refractivity contribution < 1.29 is 13.2 Å². The second-order valence-electron chi connectivity index (χ2n) is 5.33. The molecule has 1 fully saturated rings. The molecule has 0 saturated carbocycles. The van der Waals surface area contributed by atoms with Gasteiger partial charge in [-0.05, 0) is 38.3 Å². The summed E-state index contributed by atoms with van der Waals surface area (Å²) in [4.78, 5) is 1.29. The zero-order valence-corrected chi connectivity index (χ0v) is 13.8. The number of rotatable bonds is 5. The van der Waals surface area contributed by atoms with Crippen LogP contribution in [-0.4, -0.2) is 45.6 Å². The molecule has 0 aromatic carbocycles. The van der Waals surface area contributed by atoms with Gasteiger partial charge in [-0.15, -0.1) is 11.3 Å². The van der Waals surface area contributed by atoms with Gasteiger partial charge in [0.15, 0.2) is 0 Å². The lowest BCUT2D eigenvalue weighted by atomic mass is 9.96. The van der Waals surface area contributed by atoms with Gasteiger partial charge >= 0.3 is 0 Å². The lowest BCUT2D eigenvalue weighted by Gasteiger charge is -2.38. The number of piperidine rings is 1. The van der Waals surface area contributed by atoms with Crippen LogP contribution < -0.4 is 5.32 Å². The SMILES string of the molecule is CNCc1sccc1S(=O)(=O)N1CCCC(C)(OC)C1. The molecule has 0 bridgehead atoms. The van der Waals surface area contributed by atoms with Crippen LogP contribution >= 0.6 is 11.3 Å². The Morgan fingerprint density at radius 3 is 2.95 bits per heavy atom. The Hall–Kier alpha value is -0.470. The van der Waals surface area contributed by atoms with Crippen LogP contribution in [0.3, 0.4) is 0 Å². The highest BCUT2D eigenvalue weighted by molar-refractivity contribution is 7.89. The number of hydrogen-bond acceptors (Lipinski definition) is 5. The van der Waals surface area contributed by atoms with E-state index in [0.717, 1.165) is 17.7 Å². The second kappa shape index (κ2) is 6.11. The lowest BCUT2D eigenvalue weighted by molar-refractivity contribution is -0.0319. The molecule has 1 unspecified atom stereocenters. The van der Waals surface area contributed by atoms with Gasteiger partial charge in [0, 0.05) is 31.6 Å². The first-order chi connectivity index (χ1) is 9.43. The Kier molecular flexibility index (Phi) is 4.86. The molecule has 114 valence electrons. The molecule has 2 rings (SSSR count). The average molecular weight is 318 g/mol. The molecule has 1 atom stereocenters. The summed E-state index contributed by atoms with van der Waals surface area (Å²) in [7, 11) is 0.0355. The third-order valence-corrected chi connectivity index (χ3v) is 6.76. The highest BCUT2D eigenvalue weighted by Crippen LogP contribution is 2.31. The van der Waals surface area contributed by atoms with E-state index in [1.165, 1.54) is 11.3 Å². The Balaban J connectivity index is 2.28. The second-order valence-corrected chi connectivity index (χ2v) is 8.24. The summed E-state index contributed by atoms with van der Waals surface area (Å²) in [6.07, 6.45) is 1.72. The summed E-state index contributed by atoms with van der Waals surface area (Å²) in [5.41, 5.74) is -0.384. The molecule has 1 saturated heterocycles. The van der Waals surface area contributed by atoms with Gasteiger partial charge in [-0.1, -0.05) is 0 Å². The molecule has 20 heavy (non-hydrogen) atoms. The van der Waals surface area contributed by atoms with E-state index >= 15 is 0 Å². The number of hydrogen-bond donors (Lipinski definition) is 1. The topological polar surface area (TPSA) is 58.6 Å². The molecule has 0 aliphatic carbocycles. The molecule has 1 aromatic rings. The summed E-state index contributed by atoms with van der Waals surface area (Å²) >= 11 is 1.47. The zero-order valence-electron chi connectivity index (χ0n) is 12.2. The third-order valence-electron chi connectivity index (χ3n) is 3.78. The van der Waals surface area contributed by atoms with Crippen molar-refractivity contribution in [2.75, 3.05) is 27.2 Å². The highest BCUT2D eigenvalue weighted by Gasteiger charge is 2.37. The smallest absolute Gasteiger partial charge is 0.244 e. The first-order valence-corrected chi connectivity index (χ1v) is 9.01. The Morgan fingerprint density at radius 2 is 2.30 bits per heavy atom. The van der Waals surface area contributed by atoms with E-state index in [-0.39, 0.29) is 5.60 Å². The van der Waals surface area contributed by atoms with Crippen LogP contribution in [0.25, 0.3) is 0 Å². The van der Waals surface area contributed by atoms with E-state index in [9.17, 15) is 8.42 Å². The number of nitrogens with zero attached hydrogens (tertiary/aromatic N) is 1. The van der Waals surface area contributed by atoms with Gasteiger partial charge in [0.1, 0.15) is 0 Å². The van der Waals surface area contributed by atoms with Crippen LogP contribution in [0.4, 0.5) is 0 Å². The van der Waals surface area contributed by atoms with Crippen LogP contribution in [0.5, 0.6) is 0 Å². The van der Waals surface area contributed by atoms with Crippen molar-refractivity contribution >= 4 is 21.4 Å². The van der Waals surface area contributed by atoms with Crippen molar-refractivity contribution in [3.05, 3.63) is 16.3 Å². The van der Waals surface area contributed by atoms with Gasteiger partial charge < -0.3 is 10.1 Å². The highest BCUT2D eigenvalue weighted by atomic mass is 32.2. The summed E-state index contributed by atoms with van der Waals surface area (Å²) in [5, 5.41) is 4.85. The van der Waals surface area contributed by atoms with E-state index in [2.05, 4.69) is 5.32 Å². The Morgan fingerprint density at radius 1 is 1.55 bits per heavy atom. The molecule has 5 nitrogen and oxygen atoms in total. The average Bonchev–Trinajstić information content (AvgIpc) is 2.88. The van der Waals surface area contributed by atoms with Gasteiger partial charge in [0.2, 0.25) is 10.0 Å². The van der Waals surface area contributed by atoms with Crippen molar-refractivity contribution in [2.24, 2.45) is 0 Å². The largest absolute Gasteiger partial charge is 0.377 e. The van der Waals surface area contributed by atoms with Crippen molar-refractivity contribution in [3.8, 4) is 0 Å². The van der Waals surface area contributed by atoms with Gasteiger partial charge in [0.25, 0.3) is 0 Å². The minimum atomic E-state index is -3.43. The minimum Gasteiger partial charge on any atom is -0.377 e. The van der Waals surface area contributed by atoms with E-state index in [0.29, 0.717) is 24.5 Å². The Bertz CT molecular complexity index is 556. The summed E-state index contributed by atoms with van der Waals surface area (Å²) in [5.74, 6) is 0. The molecule has 0 radical (unpaired) electrons. The fourth-order valence-electron chi connectivity index (χ4n) is 2.52. The van der Waals surface area contributed by atoms with Gasteiger partial charge in [-0.25, -0.2) is 8.42 Å². The maximum Gasteiger partial charge on any atom is 0.244 e. The fraction of sp³-hybridized carbons (Fsp3) is 0.692. The molecule has 1 aliphatic heterocycles. The molecule has 1 aliphatic rings. The molecule has 2 heterocycles. The van der Waals surface area contributed by atoms with E-state index in [1.807, 2.05) is 19.4 Å². The lowest BCUT2D eigenvalue weighted by Crippen LogP contribution is -2.49. The maximum absolute atomic E-state index is 12.8. The molecule has 1 aromatic heterocycles. The van der Waals surface area contributed by atoms with Crippen molar-refractivity contribution in [1.29, 1.82) is 0 Å². The van der Waals surface area contributed by atoms with E-state index < -0.39 is 10.0 Å². The van der Waals surface area contributed by atoms with Gasteiger partial charge in [-0.2, -0.15) is 4.31 Å². The number of thiophene rings is 1. The minimum absolute atomic E-state index is 0.384. The van der Waals surface area contributed by atoms with E-state index in [4.69, 9.17) is 4.74 Å². The molecule has 7 heteroatoms. The van der Waals surface area contributed by atoms with Crippen LogP contribution in [0.15, 0.2) is 16.3 Å². The predicted octanol–water partition coefficient (Wildman–Crippen LogP) is 1.66. The van der Waals surface area contributed by atoms with Crippen molar-refractivity contribution in [2.45, 2.75) is 36.8 Å². The van der Waals surface area contributed by atoms with Gasteiger partial charge in [0.05, 0.1) is 10.5 Å².